The maximum Gasteiger partial charge on any atom is 0.306 e. The molecule has 0 rings (SSSR count). The Morgan fingerprint density at radius 1 is 0.344 bits per heavy atom. The smallest absolute Gasteiger partial charge is 0.306 e. The highest BCUT2D eigenvalue weighted by Crippen LogP contribution is 2.13. The van der Waals surface area contributed by atoms with Crippen LogP contribution in [0.3, 0.4) is 0 Å². The molecule has 1 unspecified atom stereocenters. The highest BCUT2D eigenvalue weighted by atomic mass is 16.6. The first kappa shape index (κ1) is 56.8. The van der Waals surface area contributed by atoms with E-state index < -0.39 is 12.1 Å². The molecule has 0 aliphatic carbocycles. The van der Waals surface area contributed by atoms with E-state index in [1.807, 2.05) is 24.3 Å². The molecule has 0 N–H and O–H groups in total. The number of ether oxygens (including phenoxy) is 3. The van der Waals surface area contributed by atoms with Crippen LogP contribution >= 0.6 is 0 Å². The van der Waals surface area contributed by atoms with E-state index in [0.29, 0.717) is 19.3 Å². The molecule has 61 heavy (non-hydrogen) atoms. The second kappa shape index (κ2) is 48.5. The third-order valence-electron chi connectivity index (χ3n) is 9.49. The average molecular weight is 843 g/mol. The first-order valence-corrected chi connectivity index (χ1v) is 24.0. The molecular formula is C55H86O6. The minimum absolute atomic E-state index is 0.133. The lowest BCUT2D eigenvalue weighted by Crippen LogP contribution is -2.30. The summed E-state index contributed by atoms with van der Waals surface area (Å²) < 4.78 is 16.6. The van der Waals surface area contributed by atoms with Crippen LogP contribution in [0.15, 0.2) is 122 Å². The lowest BCUT2D eigenvalue weighted by molar-refractivity contribution is -0.166. The van der Waals surface area contributed by atoms with Gasteiger partial charge in [-0.1, -0.05) is 206 Å². The van der Waals surface area contributed by atoms with Crippen LogP contribution in [-0.4, -0.2) is 37.2 Å². The van der Waals surface area contributed by atoms with Gasteiger partial charge in [-0.2, -0.15) is 0 Å². The van der Waals surface area contributed by atoms with Crippen molar-refractivity contribution in [1.82, 2.24) is 0 Å². The molecule has 0 aliphatic rings. The van der Waals surface area contributed by atoms with Gasteiger partial charge >= 0.3 is 17.9 Å². The number of carbonyl (C=O) groups excluding carboxylic acids is 3. The highest BCUT2D eigenvalue weighted by molar-refractivity contribution is 5.71. The van der Waals surface area contributed by atoms with Crippen LogP contribution in [0, 0.1) is 0 Å². The van der Waals surface area contributed by atoms with Gasteiger partial charge in [-0.25, -0.2) is 0 Å². The van der Waals surface area contributed by atoms with Gasteiger partial charge in [-0.15, -0.1) is 0 Å². The number of allylic oxidation sites excluding steroid dienone is 20. The molecule has 0 aromatic heterocycles. The van der Waals surface area contributed by atoms with Gasteiger partial charge in [0.1, 0.15) is 13.2 Å². The topological polar surface area (TPSA) is 78.9 Å². The zero-order valence-electron chi connectivity index (χ0n) is 38.9. The van der Waals surface area contributed by atoms with E-state index in [1.165, 1.54) is 51.4 Å². The second-order valence-corrected chi connectivity index (χ2v) is 15.3. The fourth-order valence-corrected chi connectivity index (χ4v) is 5.95. The van der Waals surface area contributed by atoms with Crippen LogP contribution in [0.1, 0.15) is 188 Å². The van der Waals surface area contributed by atoms with Gasteiger partial charge in [0, 0.05) is 19.3 Å². The van der Waals surface area contributed by atoms with Crippen LogP contribution in [-0.2, 0) is 28.6 Å². The molecule has 0 amide bonds. The van der Waals surface area contributed by atoms with Crippen LogP contribution in [0.5, 0.6) is 0 Å². The largest absolute Gasteiger partial charge is 0.462 e. The molecule has 0 aliphatic heterocycles. The molecule has 0 aromatic carbocycles. The molecular weight excluding hydrogens is 757 g/mol. The van der Waals surface area contributed by atoms with Crippen LogP contribution < -0.4 is 0 Å². The van der Waals surface area contributed by atoms with Crippen molar-refractivity contribution in [2.45, 2.75) is 194 Å². The summed E-state index contributed by atoms with van der Waals surface area (Å²) in [5.74, 6) is -1.12. The van der Waals surface area contributed by atoms with Gasteiger partial charge in [-0.05, 0) is 83.5 Å². The third-order valence-corrected chi connectivity index (χ3v) is 9.49. The summed E-state index contributed by atoms with van der Waals surface area (Å²) in [5, 5.41) is 0. The second-order valence-electron chi connectivity index (χ2n) is 15.3. The van der Waals surface area contributed by atoms with E-state index in [1.54, 1.807) is 0 Å². The monoisotopic (exact) mass is 843 g/mol. The molecule has 0 bridgehead atoms. The predicted octanol–water partition coefficient (Wildman–Crippen LogP) is 15.7. The molecule has 0 aromatic rings. The summed E-state index contributed by atoms with van der Waals surface area (Å²) in [6, 6.07) is 0. The molecule has 1 atom stereocenters. The van der Waals surface area contributed by atoms with Crippen molar-refractivity contribution < 1.29 is 28.6 Å². The molecule has 0 radical (unpaired) electrons. The molecule has 342 valence electrons. The van der Waals surface area contributed by atoms with Crippen molar-refractivity contribution in [2.24, 2.45) is 0 Å². The fraction of sp³-hybridized carbons (Fsp3) is 0.582. The van der Waals surface area contributed by atoms with Gasteiger partial charge in [0.2, 0.25) is 0 Å². The van der Waals surface area contributed by atoms with Gasteiger partial charge in [0.15, 0.2) is 6.10 Å². The predicted molar refractivity (Wildman–Crippen MR) is 260 cm³/mol. The first-order valence-electron chi connectivity index (χ1n) is 24.0. The maximum atomic E-state index is 12.7. The summed E-state index contributed by atoms with van der Waals surface area (Å²) >= 11 is 0. The molecule has 6 nitrogen and oxygen atoms in total. The Hall–Kier alpha value is -4.19. The lowest BCUT2D eigenvalue weighted by Gasteiger charge is -2.18. The molecule has 0 heterocycles. The molecule has 0 spiro atoms. The SMILES string of the molecule is CC/C=C\C/C=C\C/C=C\C/C=C\C/C=C\CCC(=O)OCC(COC(=O)CCCCCCCCCCCCC)OC(=O)CC/C=C\C/C=C\C/C=C\C/C=C\C/C=C\CC. The van der Waals surface area contributed by atoms with Crippen LogP contribution in [0.2, 0.25) is 0 Å². The molecule has 0 saturated carbocycles. The van der Waals surface area contributed by atoms with Gasteiger partial charge in [0.05, 0.1) is 0 Å². The lowest BCUT2D eigenvalue weighted by atomic mass is 10.1. The Bertz CT molecular complexity index is 1340. The summed E-state index contributed by atoms with van der Waals surface area (Å²) in [7, 11) is 0. The van der Waals surface area contributed by atoms with E-state index in [2.05, 4.69) is 118 Å². The van der Waals surface area contributed by atoms with Crippen LogP contribution in [0.4, 0.5) is 0 Å². The van der Waals surface area contributed by atoms with Crippen LogP contribution in [0.25, 0.3) is 0 Å². The minimum atomic E-state index is -0.847. The summed E-state index contributed by atoms with van der Waals surface area (Å²) in [4.78, 5) is 37.8. The standard InChI is InChI=1S/C55H86O6/c1-4-7-10-13-16-19-22-24-26-28-30-33-36-39-42-45-48-54(57)60-51-52(50-59-53(56)47-44-41-38-35-32-21-18-15-12-9-6-3)61-55(58)49-46-43-40-37-34-31-29-27-25-23-20-17-14-11-8-5-2/h7-8,10-11,16-17,19-20,24-27,30-31,33-34,39-40,42-43,52H,4-6,9,12-15,18,21-23,28-29,32,35-38,41,44-51H2,1-3H3/b10-7-,11-8-,19-16-,20-17-,26-24-,27-25-,33-30-,34-31-,42-39-,43-40-. The first-order chi connectivity index (χ1) is 30.0. The van der Waals surface area contributed by atoms with Gasteiger partial charge < -0.3 is 14.2 Å². The quantitative estimate of drug-likeness (QED) is 0.0264. The Morgan fingerprint density at radius 2 is 0.639 bits per heavy atom. The van der Waals surface area contributed by atoms with E-state index in [-0.39, 0.29) is 38.0 Å². The van der Waals surface area contributed by atoms with E-state index >= 15 is 0 Å². The minimum Gasteiger partial charge on any atom is -0.462 e. The number of hydrogen-bond donors (Lipinski definition) is 0. The Balaban J connectivity index is 4.63. The van der Waals surface area contributed by atoms with Crippen molar-refractivity contribution in [1.29, 1.82) is 0 Å². The Kier molecular flexibility index (Phi) is 45.1. The number of rotatable bonds is 41. The molecule has 6 heteroatoms. The van der Waals surface area contributed by atoms with E-state index in [4.69, 9.17) is 14.2 Å². The summed E-state index contributed by atoms with van der Waals surface area (Å²) in [6.45, 7) is 6.24. The number of esters is 3. The van der Waals surface area contributed by atoms with E-state index in [9.17, 15) is 14.4 Å². The zero-order valence-corrected chi connectivity index (χ0v) is 38.9. The van der Waals surface area contributed by atoms with Crippen molar-refractivity contribution in [3.63, 3.8) is 0 Å². The van der Waals surface area contributed by atoms with Crippen molar-refractivity contribution >= 4 is 17.9 Å². The summed E-state index contributed by atoms with van der Waals surface area (Å²) in [5.41, 5.74) is 0. The third kappa shape index (κ3) is 46.7. The maximum absolute atomic E-state index is 12.7. The molecule has 0 fully saturated rings. The fourth-order valence-electron chi connectivity index (χ4n) is 5.95. The Morgan fingerprint density at radius 3 is 1.00 bits per heavy atom. The van der Waals surface area contributed by atoms with Gasteiger partial charge in [0.25, 0.3) is 0 Å². The molecule has 0 saturated heterocycles. The number of carbonyl (C=O) groups is 3. The average Bonchev–Trinajstić information content (AvgIpc) is 3.26. The Labute approximate surface area is 373 Å². The number of unbranched alkanes of at least 4 members (excludes halogenated alkanes) is 10. The van der Waals surface area contributed by atoms with Crippen molar-refractivity contribution in [3.8, 4) is 0 Å². The zero-order chi connectivity index (χ0) is 44.4. The van der Waals surface area contributed by atoms with Gasteiger partial charge in [-0.3, -0.25) is 14.4 Å². The summed E-state index contributed by atoms with van der Waals surface area (Å²) in [6.07, 6.45) is 66.3. The normalized spacial score (nSPS) is 13.2. The highest BCUT2D eigenvalue weighted by Gasteiger charge is 2.19. The van der Waals surface area contributed by atoms with E-state index in [0.717, 1.165) is 83.5 Å². The van der Waals surface area contributed by atoms with Crippen molar-refractivity contribution in [3.05, 3.63) is 122 Å². The number of hydrogen-bond acceptors (Lipinski definition) is 6. The van der Waals surface area contributed by atoms with Crippen molar-refractivity contribution in [2.75, 3.05) is 13.2 Å².